The third-order valence-corrected chi connectivity index (χ3v) is 4.89. The molecule has 0 aliphatic rings. The van der Waals surface area contributed by atoms with Crippen LogP contribution in [0.1, 0.15) is 47.5 Å². The Morgan fingerprint density at radius 3 is 1.78 bits per heavy atom. The maximum absolute atomic E-state index is 12.1. The average molecular weight is 537 g/mol. The minimum atomic E-state index is -0.733. The van der Waals surface area contributed by atoms with Crippen LogP contribution >= 0.6 is 11.8 Å². The molecule has 0 heterocycles. The molecule has 0 unspecified atom stereocenters. The molecule has 0 radical (unpaired) electrons. The molecule has 0 fully saturated rings. The van der Waals surface area contributed by atoms with E-state index in [0.717, 1.165) is 0 Å². The van der Waals surface area contributed by atoms with Crippen molar-refractivity contribution in [3.8, 4) is 0 Å². The number of ether oxygens (including phenoxy) is 5. The van der Waals surface area contributed by atoms with Gasteiger partial charge in [0, 0.05) is 18.7 Å². The van der Waals surface area contributed by atoms with Crippen molar-refractivity contribution >= 4 is 41.5 Å². The number of thioether (sulfide) groups is 1. The van der Waals surface area contributed by atoms with Gasteiger partial charge in [-0.2, -0.15) is 0 Å². The van der Waals surface area contributed by atoms with Gasteiger partial charge in [0.15, 0.2) is 0 Å². The van der Waals surface area contributed by atoms with Crippen molar-refractivity contribution in [2.75, 3.05) is 51.1 Å². The third kappa shape index (κ3) is 20.9. The highest BCUT2D eigenvalue weighted by Crippen LogP contribution is 2.05. The zero-order valence-corrected chi connectivity index (χ0v) is 22.6. The second kappa shape index (κ2) is 20.8. The number of carbonyl (C=O) groups is 5. The van der Waals surface area contributed by atoms with Gasteiger partial charge in [-0.3, -0.25) is 24.0 Å². The summed E-state index contributed by atoms with van der Waals surface area (Å²) in [6.07, 6.45) is -0.294. The summed E-state index contributed by atoms with van der Waals surface area (Å²) < 4.78 is 25.5. The zero-order chi connectivity index (χ0) is 27.3. The lowest BCUT2D eigenvalue weighted by atomic mass is 10.3. The van der Waals surface area contributed by atoms with Gasteiger partial charge >= 0.3 is 17.9 Å². The first-order chi connectivity index (χ1) is 17.0. The van der Waals surface area contributed by atoms with Crippen LogP contribution in [0.25, 0.3) is 0 Å². The summed E-state index contributed by atoms with van der Waals surface area (Å²) in [5.41, 5.74) is 0. The third-order valence-electron chi connectivity index (χ3n) is 3.88. The Labute approximate surface area is 216 Å². The van der Waals surface area contributed by atoms with E-state index in [9.17, 15) is 24.0 Å². The number of esters is 3. The molecule has 208 valence electrons. The van der Waals surface area contributed by atoms with Gasteiger partial charge in [0.05, 0.1) is 51.1 Å². The first-order valence-electron chi connectivity index (χ1n) is 11.8. The van der Waals surface area contributed by atoms with Gasteiger partial charge in [-0.15, -0.1) is 11.8 Å². The van der Waals surface area contributed by atoms with Crippen LogP contribution in [0.3, 0.4) is 0 Å². The minimum Gasteiger partial charge on any atom is -0.463 e. The predicted octanol–water partition coefficient (Wildman–Crippen LogP) is 0.600. The van der Waals surface area contributed by atoms with Crippen LogP contribution in [0.15, 0.2) is 0 Å². The number of amides is 2. The molecule has 0 aliphatic carbocycles. The molecule has 2 N–H and O–H groups in total. The summed E-state index contributed by atoms with van der Waals surface area (Å²) in [5, 5.41) is 5.29. The minimum absolute atomic E-state index is 0.0258. The van der Waals surface area contributed by atoms with Crippen LogP contribution < -0.4 is 10.6 Å². The highest BCUT2D eigenvalue weighted by Gasteiger charge is 2.20. The molecule has 0 aliphatic heterocycles. The van der Waals surface area contributed by atoms with Gasteiger partial charge in [0.2, 0.25) is 11.8 Å². The molecular formula is C23H40N2O10S. The Morgan fingerprint density at radius 2 is 1.25 bits per heavy atom. The molecule has 36 heavy (non-hydrogen) atoms. The molecular weight excluding hydrogens is 496 g/mol. The highest BCUT2D eigenvalue weighted by atomic mass is 32.2. The fourth-order valence-corrected chi connectivity index (χ4v) is 3.30. The van der Waals surface area contributed by atoms with Gasteiger partial charge < -0.3 is 34.3 Å². The smallest absolute Gasteiger partial charge is 0.315 e. The lowest BCUT2D eigenvalue weighted by Crippen LogP contribution is -2.49. The van der Waals surface area contributed by atoms with Crippen LogP contribution in [-0.4, -0.2) is 99.1 Å². The molecule has 2 amide bonds. The largest absolute Gasteiger partial charge is 0.463 e. The number of rotatable bonds is 20. The Hall–Kier alpha value is -2.38. The summed E-state index contributed by atoms with van der Waals surface area (Å²) in [6, 6.07) is -0.798. The van der Waals surface area contributed by atoms with Crippen molar-refractivity contribution in [2.45, 2.75) is 65.6 Å². The lowest BCUT2D eigenvalue weighted by Gasteiger charge is -2.18. The van der Waals surface area contributed by atoms with Crippen molar-refractivity contribution < 1.29 is 47.7 Å². The maximum Gasteiger partial charge on any atom is 0.315 e. The number of hydrogen-bond donors (Lipinski definition) is 2. The van der Waals surface area contributed by atoms with E-state index in [1.54, 1.807) is 13.8 Å². The lowest BCUT2D eigenvalue weighted by molar-refractivity contribution is -0.153. The summed E-state index contributed by atoms with van der Waals surface area (Å²) in [4.78, 5) is 58.1. The van der Waals surface area contributed by atoms with E-state index in [0.29, 0.717) is 0 Å². The Balaban J connectivity index is 3.71. The monoisotopic (exact) mass is 536 g/mol. The first-order valence-corrected chi connectivity index (χ1v) is 13.0. The molecule has 1 atom stereocenters. The van der Waals surface area contributed by atoms with Gasteiger partial charge in [0.1, 0.15) is 19.3 Å². The fourth-order valence-electron chi connectivity index (χ4n) is 2.46. The van der Waals surface area contributed by atoms with Gasteiger partial charge in [-0.25, -0.2) is 0 Å². The number of nitrogens with one attached hydrogen (secondary N) is 2. The van der Waals surface area contributed by atoms with Crippen LogP contribution in [-0.2, 0) is 47.7 Å². The van der Waals surface area contributed by atoms with Crippen molar-refractivity contribution in [1.82, 2.24) is 10.6 Å². The normalized spacial score (nSPS) is 11.6. The highest BCUT2D eigenvalue weighted by molar-refractivity contribution is 8.00. The predicted molar refractivity (Wildman–Crippen MR) is 132 cm³/mol. The molecule has 0 saturated carbocycles. The van der Waals surface area contributed by atoms with E-state index >= 15 is 0 Å². The van der Waals surface area contributed by atoms with Crippen molar-refractivity contribution in [1.29, 1.82) is 0 Å². The van der Waals surface area contributed by atoms with Crippen LogP contribution in [0.5, 0.6) is 0 Å². The topological polar surface area (TPSA) is 156 Å². The standard InChI is InChI=1S/C23H40N2O10S/c1-16(2)24-23(30)19(25-18(5)26)14-36-15-22(29)34-13-11-32-9-8-31-10-12-33-20(27)6-7-21(28)35-17(3)4/h16-17,19H,6-15H2,1-5H3,(H,24,30)(H,25,26)/t19-/m0/s1. The van der Waals surface area contributed by atoms with Crippen LogP contribution in [0.4, 0.5) is 0 Å². The second-order valence-electron chi connectivity index (χ2n) is 8.14. The van der Waals surface area contributed by atoms with E-state index < -0.39 is 23.9 Å². The molecule has 0 aromatic carbocycles. The van der Waals surface area contributed by atoms with E-state index in [2.05, 4.69) is 10.6 Å². The summed E-state index contributed by atoms with van der Waals surface area (Å²) in [6.45, 7) is 9.47. The first kappa shape index (κ1) is 33.6. The van der Waals surface area contributed by atoms with Gasteiger partial charge in [-0.05, 0) is 27.7 Å². The van der Waals surface area contributed by atoms with Gasteiger partial charge in [0.25, 0.3) is 0 Å². The molecule has 13 heteroatoms. The molecule has 0 aromatic rings. The van der Waals surface area contributed by atoms with E-state index in [1.165, 1.54) is 18.7 Å². The average Bonchev–Trinajstić information content (AvgIpc) is 2.77. The van der Waals surface area contributed by atoms with Crippen LogP contribution in [0.2, 0.25) is 0 Å². The molecule has 0 spiro atoms. The zero-order valence-electron chi connectivity index (χ0n) is 21.8. The van der Waals surface area contributed by atoms with E-state index in [-0.39, 0.29) is 87.9 Å². The fraction of sp³-hybridized carbons (Fsp3) is 0.783. The second-order valence-corrected chi connectivity index (χ2v) is 9.17. The van der Waals surface area contributed by atoms with Crippen molar-refractivity contribution in [3.05, 3.63) is 0 Å². The van der Waals surface area contributed by atoms with Crippen molar-refractivity contribution in [3.63, 3.8) is 0 Å². The summed E-state index contributed by atoms with van der Waals surface area (Å²) in [7, 11) is 0. The molecule has 0 saturated heterocycles. The van der Waals surface area contributed by atoms with Gasteiger partial charge in [-0.1, -0.05) is 0 Å². The number of carbonyl (C=O) groups excluding carboxylic acids is 5. The Kier molecular flexibility index (Phi) is 19.4. The SMILES string of the molecule is CC(=O)N[C@@H](CSCC(=O)OCCOCCOCCOC(=O)CCC(=O)OC(C)C)C(=O)NC(C)C. The Bertz CT molecular complexity index is 688. The Morgan fingerprint density at radius 1 is 0.722 bits per heavy atom. The molecule has 0 bridgehead atoms. The van der Waals surface area contributed by atoms with Crippen LogP contribution in [0, 0.1) is 0 Å². The van der Waals surface area contributed by atoms with E-state index in [1.807, 2.05) is 13.8 Å². The quantitative estimate of drug-likeness (QED) is 0.128. The summed E-state index contributed by atoms with van der Waals surface area (Å²) >= 11 is 1.19. The maximum atomic E-state index is 12.1. The van der Waals surface area contributed by atoms with Crippen molar-refractivity contribution in [2.24, 2.45) is 0 Å². The molecule has 0 rings (SSSR count). The summed E-state index contributed by atoms with van der Waals surface area (Å²) in [5.74, 6) is -1.76. The van der Waals surface area contributed by atoms with E-state index in [4.69, 9.17) is 23.7 Å². The molecule has 12 nitrogen and oxygen atoms in total. The molecule has 0 aromatic heterocycles. The number of hydrogen-bond acceptors (Lipinski definition) is 11.